The van der Waals surface area contributed by atoms with Crippen LogP contribution in [0, 0.1) is 0 Å². The topological polar surface area (TPSA) is 140 Å². The van der Waals surface area contributed by atoms with Crippen LogP contribution in [0.5, 0.6) is 0 Å². The van der Waals surface area contributed by atoms with Gasteiger partial charge in [-0.3, -0.25) is 0 Å². The zero-order valence-electron chi connectivity index (χ0n) is 10.7. The summed E-state index contributed by atoms with van der Waals surface area (Å²) in [5.41, 5.74) is 6.69. The maximum atomic E-state index is 10.0. The fourth-order valence-electron chi connectivity index (χ4n) is 2.35. The maximum absolute atomic E-state index is 10.0. The minimum atomic E-state index is -1.18. The van der Waals surface area contributed by atoms with Crippen molar-refractivity contribution in [3.63, 3.8) is 0 Å². The molecule has 0 aliphatic carbocycles. The van der Waals surface area contributed by atoms with Gasteiger partial charge in [0.1, 0.15) is 0 Å². The van der Waals surface area contributed by atoms with Gasteiger partial charge >= 0.3 is 126 Å². The summed E-state index contributed by atoms with van der Waals surface area (Å²) < 4.78 is 7.64. The van der Waals surface area contributed by atoms with Crippen molar-refractivity contribution < 1.29 is 20.1 Å². The quantitative estimate of drug-likeness (QED) is 0.382. The van der Waals surface area contributed by atoms with E-state index in [1.54, 1.807) is 0 Å². The molecule has 0 saturated carbocycles. The van der Waals surface area contributed by atoms with Gasteiger partial charge in [-0.25, -0.2) is 0 Å². The molecule has 1 saturated heterocycles. The minimum absolute atomic E-state index is 0.0697. The fraction of sp³-hybridized carbons (Fsp3) is 0.500. The third kappa shape index (κ3) is 2.05. The summed E-state index contributed by atoms with van der Waals surface area (Å²) in [6.45, 7) is -0.381. The molecule has 4 atom stereocenters. The van der Waals surface area contributed by atoms with E-state index in [9.17, 15) is 10.2 Å². The van der Waals surface area contributed by atoms with Crippen LogP contribution < -0.4 is 9.57 Å². The summed E-state index contributed by atoms with van der Waals surface area (Å²) in [6, 6.07) is 0. The number of aliphatic hydroxyl groups excluding tert-OH is 3. The monoisotopic (exact) mass is 389 g/mol. The number of nitrogen functional groups attached to an aromatic ring is 1. The molecule has 1 aliphatic rings. The van der Waals surface area contributed by atoms with Crippen molar-refractivity contribution in [2.45, 2.75) is 24.5 Å². The van der Waals surface area contributed by atoms with Gasteiger partial charge < -0.3 is 0 Å². The average Bonchev–Trinajstić information content (AvgIpc) is 2.93. The van der Waals surface area contributed by atoms with Gasteiger partial charge in [0, 0.05) is 0 Å². The Morgan fingerprint density at radius 3 is 2.75 bits per heavy atom. The van der Waals surface area contributed by atoms with Gasteiger partial charge in [0.15, 0.2) is 0 Å². The van der Waals surface area contributed by atoms with Crippen LogP contribution in [0.1, 0.15) is 6.23 Å². The number of nitrogens with zero attached hydrogens (tertiary/aromatic N) is 4. The van der Waals surface area contributed by atoms with Gasteiger partial charge in [0.25, 0.3) is 0 Å². The molecule has 5 N–H and O–H groups in total. The van der Waals surface area contributed by atoms with Gasteiger partial charge in [-0.1, -0.05) is 0 Å². The number of aliphatic hydroxyl groups is 3. The molecule has 1 aliphatic heterocycles. The number of fused-ring (bicyclic) bond motifs is 1. The number of hydrogen-bond acceptors (Lipinski definition) is 8. The van der Waals surface area contributed by atoms with Crippen molar-refractivity contribution in [2.24, 2.45) is 0 Å². The molecule has 20 heavy (non-hydrogen) atoms. The van der Waals surface area contributed by atoms with Crippen molar-refractivity contribution in [1.82, 2.24) is 19.5 Å². The van der Waals surface area contributed by atoms with Gasteiger partial charge in [-0.05, 0) is 0 Å². The standard InChI is InChI=1S/C10H12N5O4.Sn.3H/c11-8-5-9(13-2-12-8)15(3-14-5)10-7(18)6(17)4(1-16)19-10;;;;/h3-4,6-7,10,16-18H,1H2,(H2,11,12,13);;;;/t4-,6-,7-,10-;;;;/m1..../s1. The Morgan fingerprint density at radius 2 is 2.10 bits per heavy atom. The molecule has 9 nitrogen and oxygen atoms in total. The van der Waals surface area contributed by atoms with Crippen molar-refractivity contribution in [1.29, 1.82) is 0 Å². The second kappa shape index (κ2) is 5.07. The molecule has 3 rings (SSSR count). The first-order chi connectivity index (χ1) is 9.52. The zero-order valence-corrected chi connectivity index (χ0v) is 16.4. The molecule has 0 aromatic carbocycles. The second-order valence-electron chi connectivity index (χ2n) is 4.71. The molecule has 10 heteroatoms. The Morgan fingerprint density at radius 1 is 1.35 bits per heavy atom. The van der Waals surface area contributed by atoms with Crippen LogP contribution in [-0.2, 0) is 4.74 Å². The van der Waals surface area contributed by atoms with E-state index in [1.807, 2.05) is 0 Å². The van der Waals surface area contributed by atoms with Crippen LogP contribution >= 0.6 is 0 Å². The van der Waals surface area contributed by atoms with Crippen LogP contribution in [-0.4, -0.2) is 82.3 Å². The molecule has 108 valence electrons. The number of anilines is 1. The van der Waals surface area contributed by atoms with Gasteiger partial charge in [0.2, 0.25) is 0 Å². The van der Waals surface area contributed by atoms with E-state index in [-0.39, 0.29) is 34.9 Å². The Labute approximate surface area is 126 Å². The fourth-order valence-corrected chi connectivity index (χ4v) is 3.64. The second-order valence-corrected chi connectivity index (χ2v) is 7.26. The molecule has 3 heterocycles. The summed E-state index contributed by atoms with van der Waals surface area (Å²) >= 11 is 0.0697. The molecule has 0 bridgehead atoms. The molecule has 0 amide bonds. The molecule has 0 spiro atoms. The Bertz CT molecular complexity index is 650. The molecule has 1 fully saturated rings. The Balaban J connectivity index is 2.07. The van der Waals surface area contributed by atoms with E-state index in [1.165, 1.54) is 10.9 Å². The van der Waals surface area contributed by atoms with Crippen LogP contribution in [0.25, 0.3) is 11.2 Å². The van der Waals surface area contributed by atoms with Crippen LogP contribution in [0.15, 0.2) is 6.33 Å². The summed E-state index contributed by atoms with van der Waals surface area (Å²) in [7, 11) is 0. The third-order valence-corrected chi connectivity index (χ3v) is 4.63. The van der Waals surface area contributed by atoms with Crippen molar-refractivity contribution in [3.8, 4) is 0 Å². The first kappa shape index (κ1) is 13.9. The molecule has 2 aromatic heterocycles. The summed E-state index contributed by atoms with van der Waals surface area (Å²) in [6.07, 6.45) is -2.61. The predicted octanol–water partition coefficient (Wildman–Crippen LogP) is -3.99. The SMILES string of the molecule is Nc1n[c]([SnH3])nc2c1ncn2[C@@H]1O[C@H](CO)[C@@H](O)[C@H]1O. The number of hydrogen-bond donors (Lipinski definition) is 4. The van der Waals surface area contributed by atoms with Crippen molar-refractivity contribution >= 4 is 43.3 Å². The van der Waals surface area contributed by atoms with E-state index in [0.29, 0.717) is 15.0 Å². The normalized spacial score (nSPS) is 30.4. The third-order valence-electron chi connectivity index (χ3n) is 3.35. The van der Waals surface area contributed by atoms with Crippen molar-refractivity contribution in [2.75, 3.05) is 12.3 Å². The zero-order chi connectivity index (χ0) is 14.4. The van der Waals surface area contributed by atoms with Gasteiger partial charge in [-0.15, -0.1) is 0 Å². The van der Waals surface area contributed by atoms with E-state index in [2.05, 4.69) is 15.0 Å². The van der Waals surface area contributed by atoms with E-state index < -0.39 is 24.5 Å². The van der Waals surface area contributed by atoms with Crippen LogP contribution in [0.3, 0.4) is 0 Å². The average molecular weight is 388 g/mol. The number of imidazole rings is 1. The van der Waals surface area contributed by atoms with Gasteiger partial charge in [-0.2, -0.15) is 0 Å². The summed E-state index contributed by atoms with van der Waals surface area (Å²) in [5, 5.41) is 28.9. The number of rotatable bonds is 2. The Kier molecular flexibility index (Phi) is 3.54. The predicted molar refractivity (Wildman–Crippen MR) is 72.3 cm³/mol. The molecule has 0 radical (unpaired) electrons. The number of nitrogens with two attached hydrogens (primary N) is 1. The Hall–Kier alpha value is -1.01. The molecular weight excluding hydrogens is 373 g/mol. The summed E-state index contributed by atoms with van der Waals surface area (Å²) in [5.74, 6) is 0.287. The molecule has 0 unspecified atom stereocenters. The first-order valence-corrected chi connectivity index (χ1v) is 8.97. The summed E-state index contributed by atoms with van der Waals surface area (Å²) in [4.78, 5) is 12.5. The van der Waals surface area contributed by atoms with E-state index in [0.717, 1.165) is 0 Å². The first-order valence-electron chi connectivity index (χ1n) is 6.12. The van der Waals surface area contributed by atoms with Gasteiger partial charge in [0.05, 0.1) is 0 Å². The van der Waals surface area contributed by atoms with Crippen LogP contribution in [0.4, 0.5) is 5.82 Å². The van der Waals surface area contributed by atoms with Crippen molar-refractivity contribution in [3.05, 3.63) is 6.33 Å². The number of aromatic nitrogens is 4. The van der Waals surface area contributed by atoms with E-state index in [4.69, 9.17) is 15.6 Å². The molecular formula is C10H15N5O4Sn. The molecule has 2 aromatic rings. The number of ether oxygens (including phenoxy) is 1. The van der Waals surface area contributed by atoms with E-state index >= 15 is 0 Å². The van der Waals surface area contributed by atoms with Crippen LogP contribution in [0.2, 0.25) is 0 Å².